The molecule has 152 valence electrons. The molecule has 0 heterocycles. The number of benzene rings is 2. The predicted molar refractivity (Wildman–Crippen MR) is 115 cm³/mol. The molecule has 1 atom stereocenters. The van der Waals surface area contributed by atoms with Crippen molar-refractivity contribution in [3.8, 4) is 0 Å². The summed E-state index contributed by atoms with van der Waals surface area (Å²) in [6.45, 7) is 4.22. The molecule has 0 unspecified atom stereocenters. The Bertz CT molecular complexity index is 881. The maximum absolute atomic E-state index is 12.7. The van der Waals surface area contributed by atoms with Crippen LogP contribution < -0.4 is 9.62 Å². The van der Waals surface area contributed by atoms with E-state index < -0.39 is 16.1 Å². The molecule has 0 fully saturated rings. The number of aryl methyl sites for hydroxylation is 2. The quantitative estimate of drug-likeness (QED) is 0.622. The van der Waals surface area contributed by atoms with Gasteiger partial charge in [0.15, 0.2) is 0 Å². The fourth-order valence-electron chi connectivity index (χ4n) is 3.02. The number of halogens is 1. The molecule has 2 aromatic rings. The van der Waals surface area contributed by atoms with Crippen molar-refractivity contribution in [3.05, 3.63) is 64.7 Å². The SMILES string of the molecule is CC[C@@H](C(=O)NCCCc1ccc(Cl)cc1)N(c1ccc(C)cc1)S(C)(=O)=O. The zero-order chi connectivity index (χ0) is 20.7. The van der Waals surface area contributed by atoms with Gasteiger partial charge in [-0.1, -0.05) is 48.4 Å². The summed E-state index contributed by atoms with van der Waals surface area (Å²) in [4.78, 5) is 12.7. The van der Waals surface area contributed by atoms with Gasteiger partial charge in [-0.05, 0) is 56.0 Å². The number of carbonyl (C=O) groups is 1. The summed E-state index contributed by atoms with van der Waals surface area (Å²) in [5.74, 6) is -0.287. The summed E-state index contributed by atoms with van der Waals surface area (Å²) < 4.78 is 26.0. The zero-order valence-electron chi connectivity index (χ0n) is 16.5. The van der Waals surface area contributed by atoms with Crippen LogP contribution in [0.5, 0.6) is 0 Å². The van der Waals surface area contributed by atoms with Crippen molar-refractivity contribution in [2.45, 2.75) is 39.2 Å². The van der Waals surface area contributed by atoms with Gasteiger partial charge in [0.2, 0.25) is 15.9 Å². The molecule has 28 heavy (non-hydrogen) atoms. The van der Waals surface area contributed by atoms with Gasteiger partial charge in [-0.15, -0.1) is 0 Å². The Morgan fingerprint density at radius 2 is 1.71 bits per heavy atom. The highest BCUT2D eigenvalue weighted by atomic mass is 35.5. The molecule has 0 saturated heterocycles. The van der Waals surface area contributed by atoms with Gasteiger partial charge in [0.25, 0.3) is 0 Å². The number of hydrogen-bond acceptors (Lipinski definition) is 3. The highest BCUT2D eigenvalue weighted by Gasteiger charge is 2.31. The van der Waals surface area contributed by atoms with Crippen LogP contribution in [0.2, 0.25) is 5.02 Å². The Kier molecular flexibility index (Phi) is 7.89. The fourth-order valence-corrected chi connectivity index (χ4v) is 4.36. The molecule has 0 aliphatic heterocycles. The molecule has 7 heteroatoms. The normalized spacial score (nSPS) is 12.4. The second-order valence-corrected chi connectivity index (χ2v) is 9.14. The lowest BCUT2D eigenvalue weighted by Crippen LogP contribution is -2.49. The van der Waals surface area contributed by atoms with Crippen molar-refractivity contribution in [3.63, 3.8) is 0 Å². The predicted octanol–water partition coefficient (Wildman–Crippen LogP) is 3.94. The second kappa shape index (κ2) is 9.94. The molecule has 0 bridgehead atoms. The number of amides is 1. The van der Waals surface area contributed by atoms with Crippen LogP contribution in [0.15, 0.2) is 48.5 Å². The topological polar surface area (TPSA) is 66.5 Å². The lowest BCUT2D eigenvalue weighted by Gasteiger charge is -2.30. The van der Waals surface area contributed by atoms with E-state index in [9.17, 15) is 13.2 Å². The first-order chi connectivity index (χ1) is 13.2. The molecule has 0 aliphatic rings. The molecule has 0 saturated carbocycles. The molecule has 0 aliphatic carbocycles. The highest BCUT2D eigenvalue weighted by molar-refractivity contribution is 7.92. The van der Waals surface area contributed by atoms with Crippen LogP contribution in [-0.2, 0) is 21.2 Å². The number of anilines is 1. The van der Waals surface area contributed by atoms with Gasteiger partial charge in [-0.2, -0.15) is 0 Å². The molecule has 0 spiro atoms. The van der Waals surface area contributed by atoms with E-state index in [1.54, 1.807) is 12.1 Å². The van der Waals surface area contributed by atoms with Gasteiger partial charge >= 0.3 is 0 Å². The van der Waals surface area contributed by atoms with E-state index in [2.05, 4.69) is 5.32 Å². The van der Waals surface area contributed by atoms with Gasteiger partial charge in [0.05, 0.1) is 11.9 Å². The van der Waals surface area contributed by atoms with E-state index in [0.717, 1.165) is 30.2 Å². The first-order valence-corrected chi connectivity index (χ1v) is 11.5. The van der Waals surface area contributed by atoms with Gasteiger partial charge in [-0.25, -0.2) is 8.42 Å². The molecule has 5 nitrogen and oxygen atoms in total. The minimum Gasteiger partial charge on any atom is -0.354 e. The van der Waals surface area contributed by atoms with E-state index in [4.69, 9.17) is 11.6 Å². The monoisotopic (exact) mass is 422 g/mol. The summed E-state index contributed by atoms with van der Waals surface area (Å²) in [5, 5.41) is 3.57. The minimum atomic E-state index is -3.60. The maximum atomic E-state index is 12.7. The van der Waals surface area contributed by atoms with Crippen LogP contribution in [0.4, 0.5) is 5.69 Å². The Hall–Kier alpha value is -2.05. The Morgan fingerprint density at radius 1 is 1.11 bits per heavy atom. The minimum absolute atomic E-state index is 0.287. The lowest BCUT2D eigenvalue weighted by molar-refractivity contribution is -0.122. The largest absolute Gasteiger partial charge is 0.354 e. The summed E-state index contributed by atoms with van der Waals surface area (Å²) in [5.41, 5.74) is 2.66. The smallest absolute Gasteiger partial charge is 0.243 e. The summed E-state index contributed by atoms with van der Waals surface area (Å²) in [7, 11) is -3.60. The van der Waals surface area contributed by atoms with E-state index in [1.165, 1.54) is 4.31 Å². The Balaban J connectivity index is 2.02. The van der Waals surface area contributed by atoms with Gasteiger partial charge in [-0.3, -0.25) is 9.10 Å². The van der Waals surface area contributed by atoms with E-state index in [1.807, 2.05) is 50.2 Å². The summed E-state index contributed by atoms with van der Waals surface area (Å²) in [6, 6.07) is 14.0. The number of hydrogen-bond donors (Lipinski definition) is 1. The van der Waals surface area contributed by atoms with Crippen LogP contribution in [0, 0.1) is 6.92 Å². The molecule has 2 rings (SSSR count). The van der Waals surface area contributed by atoms with Crippen molar-refractivity contribution < 1.29 is 13.2 Å². The van der Waals surface area contributed by atoms with E-state index >= 15 is 0 Å². The molecule has 1 amide bonds. The van der Waals surface area contributed by atoms with E-state index in [-0.39, 0.29) is 5.91 Å². The molecule has 1 N–H and O–H groups in total. The van der Waals surface area contributed by atoms with Crippen LogP contribution in [0.3, 0.4) is 0 Å². The van der Waals surface area contributed by atoms with Crippen molar-refractivity contribution in [1.29, 1.82) is 0 Å². The molecular formula is C21H27ClN2O3S. The standard InChI is InChI=1S/C21H27ClN2O3S/c1-4-20(24(28(3,26)27)19-13-7-16(2)8-14-19)21(25)23-15-5-6-17-9-11-18(22)12-10-17/h7-14,20H,4-6,15H2,1-3H3,(H,23,25)/t20-/m0/s1. The van der Waals surface area contributed by atoms with Gasteiger partial charge in [0, 0.05) is 11.6 Å². The molecule has 0 aromatic heterocycles. The second-order valence-electron chi connectivity index (χ2n) is 6.84. The van der Waals surface area contributed by atoms with Crippen LogP contribution in [0.25, 0.3) is 0 Å². The molecular weight excluding hydrogens is 396 g/mol. The van der Waals surface area contributed by atoms with Crippen LogP contribution in [-0.4, -0.2) is 33.2 Å². The summed E-state index contributed by atoms with van der Waals surface area (Å²) >= 11 is 5.88. The third kappa shape index (κ3) is 6.24. The van der Waals surface area contributed by atoms with Crippen LogP contribution >= 0.6 is 11.6 Å². The number of carbonyl (C=O) groups excluding carboxylic acids is 1. The third-order valence-electron chi connectivity index (χ3n) is 4.47. The van der Waals surface area contributed by atoms with Gasteiger partial charge in [0.1, 0.15) is 6.04 Å². The van der Waals surface area contributed by atoms with Crippen molar-refractivity contribution in [2.24, 2.45) is 0 Å². The average molecular weight is 423 g/mol. The maximum Gasteiger partial charge on any atom is 0.243 e. The average Bonchev–Trinajstić information content (AvgIpc) is 2.64. The van der Waals surface area contributed by atoms with E-state index in [0.29, 0.717) is 23.7 Å². The van der Waals surface area contributed by atoms with Crippen molar-refractivity contribution in [1.82, 2.24) is 5.32 Å². The highest BCUT2D eigenvalue weighted by Crippen LogP contribution is 2.23. The Labute approximate surface area is 172 Å². The van der Waals surface area contributed by atoms with Crippen molar-refractivity contribution >= 4 is 33.2 Å². The summed E-state index contributed by atoms with van der Waals surface area (Å²) in [6.07, 6.45) is 3.07. The van der Waals surface area contributed by atoms with Crippen molar-refractivity contribution in [2.75, 3.05) is 17.1 Å². The fraction of sp³-hybridized carbons (Fsp3) is 0.381. The first kappa shape index (κ1) is 22.2. The van der Waals surface area contributed by atoms with Gasteiger partial charge < -0.3 is 5.32 Å². The molecule has 2 aromatic carbocycles. The number of nitrogens with zero attached hydrogens (tertiary/aromatic N) is 1. The first-order valence-electron chi connectivity index (χ1n) is 9.30. The zero-order valence-corrected chi connectivity index (χ0v) is 18.1. The third-order valence-corrected chi connectivity index (χ3v) is 5.90. The lowest BCUT2D eigenvalue weighted by atomic mass is 10.1. The Morgan fingerprint density at radius 3 is 2.25 bits per heavy atom. The number of sulfonamides is 1. The number of rotatable bonds is 9. The molecule has 0 radical (unpaired) electrons. The van der Waals surface area contributed by atoms with Crippen LogP contribution in [0.1, 0.15) is 30.9 Å². The number of nitrogens with one attached hydrogen (secondary N) is 1.